The van der Waals surface area contributed by atoms with Gasteiger partial charge >= 0.3 is 5.97 Å². The van der Waals surface area contributed by atoms with E-state index in [0.717, 1.165) is 25.9 Å². The van der Waals surface area contributed by atoms with E-state index in [9.17, 15) is 15.0 Å². The van der Waals surface area contributed by atoms with Crippen molar-refractivity contribution < 1.29 is 19.7 Å². The molecule has 0 atom stereocenters. The van der Waals surface area contributed by atoms with Crippen molar-refractivity contribution in [1.82, 2.24) is 4.90 Å². The van der Waals surface area contributed by atoms with Crippen LogP contribution in [0.5, 0.6) is 0 Å². The van der Waals surface area contributed by atoms with Gasteiger partial charge in [-0.05, 0) is 32.9 Å². The number of rotatable bonds is 6. The molecule has 5 heteroatoms. The Morgan fingerprint density at radius 3 is 2.33 bits per heavy atom. The predicted octanol–water partition coefficient (Wildman–Crippen LogP) is 0.252. The van der Waals surface area contributed by atoms with E-state index >= 15 is 0 Å². The van der Waals surface area contributed by atoms with Crippen LogP contribution in [0.2, 0.25) is 0 Å². The molecule has 0 aliphatic carbocycles. The van der Waals surface area contributed by atoms with Crippen molar-refractivity contribution in [2.75, 3.05) is 39.5 Å². The van der Waals surface area contributed by atoms with Gasteiger partial charge in [-0.2, -0.15) is 0 Å². The molecule has 0 bridgehead atoms. The molecule has 106 valence electrons. The number of esters is 1. The molecule has 1 rings (SSSR count). The van der Waals surface area contributed by atoms with E-state index in [-0.39, 0.29) is 25.1 Å². The molecular formula is C13H25NO4. The van der Waals surface area contributed by atoms with Gasteiger partial charge in [0.05, 0.1) is 25.7 Å². The second kappa shape index (κ2) is 7.07. The lowest BCUT2D eigenvalue weighted by Gasteiger charge is -2.36. The van der Waals surface area contributed by atoms with Crippen LogP contribution in [0.1, 0.15) is 26.7 Å². The molecule has 1 saturated heterocycles. The first-order valence-corrected chi connectivity index (χ1v) is 6.65. The van der Waals surface area contributed by atoms with E-state index in [0.29, 0.717) is 13.2 Å². The second-order valence-electron chi connectivity index (χ2n) is 5.43. The summed E-state index contributed by atoms with van der Waals surface area (Å²) in [4.78, 5) is 13.8. The maximum absolute atomic E-state index is 11.6. The van der Waals surface area contributed by atoms with E-state index in [1.807, 2.05) is 13.8 Å². The largest absolute Gasteiger partial charge is 0.466 e. The average Bonchev–Trinajstić information content (AvgIpc) is 2.39. The van der Waals surface area contributed by atoms with Crippen molar-refractivity contribution in [3.8, 4) is 0 Å². The Kier molecular flexibility index (Phi) is 6.05. The normalized spacial score (nSPS) is 18.9. The molecule has 0 spiro atoms. The number of aliphatic hydroxyl groups is 2. The highest BCUT2D eigenvalue weighted by atomic mass is 16.5. The number of nitrogens with zero attached hydrogens (tertiary/aromatic N) is 1. The van der Waals surface area contributed by atoms with Crippen molar-refractivity contribution in [1.29, 1.82) is 0 Å². The van der Waals surface area contributed by atoms with Gasteiger partial charge in [0, 0.05) is 12.0 Å². The Morgan fingerprint density at radius 2 is 1.89 bits per heavy atom. The van der Waals surface area contributed by atoms with Crippen molar-refractivity contribution >= 4 is 5.97 Å². The monoisotopic (exact) mass is 259 g/mol. The maximum Gasteiger partial charge on any atom is 0.309 e. The zero-order valence-corrected chi connectivity index (χ0v) is 11.4. The van der Waals surface area contributed by atoms with Crippen LogP contribution in [0.15, 0.2) is 0 Å². The summed E-state index contributed by atoms with van der Waals surface area (Å²) in [6, 6.07) is 0. The van der Waals surface area contributed by atoms with Crippen LogP contribution in [0, 0.1) is 11.3 Å². The lowest BCUT2D eigenvalue weighted by molar-refractivity contribution is -0.149. The Balaban J connectivity index is 2.37. The molecule has 0 aromatic carbocycles. The molecule has 0 radical (unpaired) electrons. The summed E-state index contributed by atoms with van der Waals surface area (Å²) in [7, 11) is 0. The Morgan fingerprint density at radius 1 is 1.33 bits per heavy atom. The van der Waals surface area contributed by atoms with Gasteiger partial charge in [0.2, 0.25) is 0 Å². The number of carbonyl (C=O) groups excluding carboxylic acids is 1. The zero-order valence-electron chi connectivity index (χ0n) is 11.4. The first kappa shape index (κ1) is 15.4. The van der Waals surface area contributed by atoms with Crippen LogP contribution in [-0.4, -0.2) is 60.5 Å². The molecule has 2 N–H and O–H groups in total. The molecule has 1 heterocycles. The molecule has 0 unspecified atom stereocenters. The number of aliphatic hydroxyl groups excluding tert-OH is 2. The Hall–Kier alpha value is -0.650. The fourth-order valence-corrected chi connectivity index (χ4v) is 2.28. The van der Waals surface area contributed by atoms with Crippen LogP contribution < -0.4 is 0 Å². The number of ether oxygens (including phenoxy) is 1. The summed E-state index contributed by atoms with van der Waals surface area (Å²) in [5.41, 5.74) is -0.462. The Labute approximate surface area is 109 Å². The maximum atomic E-state index is 11.6. The van der Waals surface area contributed by atoms with Gasteiger partial charge in [-0.15, -0.1) is 0 Å². The number of hydrogen-bond acceptors (Lipinski definition) is 5. The third kappa shape index (κ3) is 4.23. The van der Waals surface area contributed by atoms with Gasteiger partial charge in [-0.25, -0.2) is 0 Å². The highest BCUT2D eigenvalue weighted by Crippen LogP contribution is 2.23. The minimum absolute atomic E-state index is 0.00992. The summed E-state index contributed by atoms with van der Waals surface area (Å²) < 4.78 is 5.02. The van der Waals surface area contributed by atoms with E-state index in [4.69, 9.17) is 4.74 Å². The van der Waals surface area contributed by atoms with Crippen LogP contribution in [0.25, 0.3) is 0 Å². The van der Waals surface area contributed by atoms with Gasteiger partial charge in [-0.3, -0.25) is 4.79 Å². The van der Waals surface area contributed by atoms with Crippen molar-refractivity contribution in [3.05, 3.63) is 0 Å². The van der Waals surface area contributed by atoms with Crippen molar-refractivity contribution in [2.45, 2.75) is 26.7 Å². The lowest BCUT2D eigenvalue weighted by Crippen LogP contribution is -2.45. The van der Waals surface area contributed by atoms with E-state index in [1.54, 1.807) is 0 Å². The molecule has 18 heavy (non-hydrogen) atoms. The van der Waals surface area contributed by atoms with E-state index < -0.39 is 5.41 Å². The van der Waals surface area contributed by atoms with Crippen LogP contribution in [0.3, 0.4) is 0 Å². The standard InChI is InChI=1S/C13H25NO4/c1-3-18-12(17)11-4-6-14(7-5-11)8-13(2,9-15)10-16/h11,15-16H,3-10H2,1-2H3. The molecular weight excluding hydrogens is 234 g/mol. The Bertz CT molecular complexity index is 258. The van der Waals surface area contributed by atoms with Gasteiger partial charge in [-0.1, -0.05) is 6.92 Å². The molecule has 1 fully saturated rings. The molecule has 5 nitrogen and oxygen atoms in total. The van der Waals surface area contributed by atoms with E-state index in [1.165, 1.54) is 0 Å². The zero-order chi connectivity index (χ0) is 13.6. The van der Waals surface area contributed by atoms with Crippen LogP contribution in [0.4, 0.5) is 0 Å². The molecule has 0 aromatic heterocycles. The minimum Gasteiger partial charge on any atom is -0.466 e. The molecule has 0 aromatic rings. The molecule has 1 aliphatic heterocycles. The van der Waals surface area contributed by atoms with Crippen molar-refractivity contribution in [3.63, 3.8) is 0 Å². The topological polar surface area (TPSA) is 70.0 Å². The number of carbonyl (C=O) groups is 1. The minimum atomic E-state index is -0.462. The van der Waals surface area contributed by atoms with Gasteiger partial charge in [0.15, 0.2) is 0 Å². The van der Waals surface area contributed by atoms with Gasteiger partial charge < -0.3 is 19.8 Å². The SMILES string of the molecule is CCOC(=O)C1CCN(CC(C)(CO)CO)CC1. The summed E-state index contributed by atoms with van der Waals surface area (Å²) >= 11 is 0. The first-order chi connectivity index (χ1) is 8.54. The van der Waals surface area contributed by atoms with E-state index in [2.05, 4.69) is 4.90 Å². The molecule has 1 aliphatic rings. The third-order valence-corrected chi connectivity index (χ3v) is 3.58. The highest BCUT2D eigenvalue weighted by Gasteiger charge is 2.30. The van der Waals surface area contributed by atoms with Gasteiger partial charge in [0.25, 0.3) is 0 Å². The van der Waals surface area contributed by atoms with Crippen molar-refractivity contribution in [2.24, 2.45) is 11.3 Å². The number of hydrogen-bond donors (Lipinski definition) is 2. The second-order valence-corrected chi connectivity index (χ2v) is 5.43. The fourth-order valence-electron chi connectivity index (χ4n) is 2.28. The number of likely N-dealkylation sites (tertiary alicyclic amines) is 1. The summed E-state index contributed by atoms with van der Waals surface area (Å²) in [5, 5.41) is 18.5. The molecule has 0 saturated carbocycles. The quantitative estimate of drug-likeness (QED) is 0.669. The highest BCUT2D eigenvalue weighted by molar-refractivity contribution is 5.72. The summed E-state index contributed by atoms with van der Waals surface area (Å²) in [6.07, 6.45) is 1.59. The summed E-state index contributed by atoms with van der Waals surface area (Å²) in [6.45, 7) is 6.37. The van der Waals surface area contributed by atoms with Gasteiger partial charge in [0.1, 0.15) is 0 Å². The van der Waals surface area contributed by atoms with Crippen LogP contribution in [-0.2, 0) is 9.53 Å². The fraction of sp³-hybridized carbons (Fsp3) is 0.923. The average molecular weight is 259 g/mol. The van der Waals surface area contributed by atoms with Crippen LogP contribution >= 0.6 is 0 Å². The molecule has 0 amide bonds. The third-order valence-electron chi connectivity index (χ3n) is 3.58. The number of piperidine rings is 1. The summed E-state index contributed by atoms with van der Waals surface area (Å²) in [5.74, 6) is -0.0834. The first-order valence-electron chi connectivity index (χ1n) is 6.65. The predicted molar refractivity (Wildman–Crippen MR) is 68.1 cm³/mol. The smallest absolute Gasteiger partial charge is 0.309 e. The lowest BCUT2D eigenvalue weighted by atomic mass is 9.90.